The van der Waals surface area contributed by atoms with Crippen molar-refractivity contribution in [2.24, 2.45) is 4.99 Å². The Labute approximate surface area is 152 Å². The molecule has 0 saturated heterocycles. The minimum absolute atomic E-state index is 0.298. The molecule has 1 aromatic heterocycles. The van der Waals surface area contributed by atoms with Crippen LogP contribution in [-0.4, -0.2) is 36.2 Å². The summed E-state index contributed by atoms with van der Waals surface area (Å²) in [6.07, 6.45) is 0.971. The van der Waals surface area contributed by atoms with Gasteiger partial charge in [0.1, 0.15) is 0 Å². The highest BCUT2D eigenvalue weighted by Gasteiger charge is 2.14. The molecule has 0 spiro atoms. The Balaban J connectivity index is 1.67. The monoisotopic (exact) mass is 360 g/mol. The van der Waals surface area contributed by atoms with E-state index in [1.807, 2.05) is 19.2 Å². The third-order valence-electron chi connectivity index (χ3n) is 3.85. The number of aromatic nitrogens is 1. The highest BCUT2D eigenvalue weighted by molar-refractivity contribution is 7.09. The second-order valence-electron chi connectivity index (χ2n) is 5.80. The van der Waals surface area contributed by atoms with Crippen LogP contribution in [0.2, 0.25) is 0 Å². The van der Waals surface area contributed by atoms with Gasteiger partial charge in [0.25, 0.3) is 0 Å². The molecule has 25 heavy (non-hydrogen) atoms. The number of nitrogens with one attached hydrogen (secondary N) is 1. The molecule has 0 saturated carbocycles. The summed E-state index contributed by atoms with van der Waals surface area (Å²) in [5.74, 6) is 2.48. The first-order valence-corrected chi connectivity index (χ1v) is 9.38. The molecule has 6 nitrogen and oxygen atoms in total. The second kappa shape index (κ2) is 8.20. The molecular weight excluding hydrogens is 336 g/mol. The van der Waals surface area contributed by atoms with E-state index in [1.165, 1.54) is 0 Å². The SMILES string of the molecule is CCNC(=NCc1csc(CC)n1)N(C)Cc1ccc2c(c1)OCO2. The van der Waals surface area contributed by atoms with Crippen LogP contribution in [0.15, 0.2) is 28.6 Å². The zero-order valence-electron chi connectivity index (χ0n) is 14.9. The van der Waals surface area contributed by atoms with E-state index in [4.69, 9.17) is 14.5 Å². The van der Waals surface area contributed by atoms with E-state index in [1.54, 1.807) is 11.3 Å². The van der Waals surface area contributed by atoms with Gasteiger partial charge in [0.05, 0.1) is 17.2 Å². The molecule has 2 aromatic rings. The number of nitrogens with zero attached hydrogens (tertiary/aromatic N) is 3. The first-order valence-electron chi connectivity index (χ1n) is 8.50. The molecule has 1 aromatic carbocycles. The molecule has 2 heterocycles. The molecule has 0 radical (unpaired) electrons. The number of hydrogen-bond donors (Lipinski definition) is 1. The summed E-state index contributed by atoms with van der Waals surface area (Å²) in [6.45, 7) is 6.63. The molecule has 0 aliphatic carbocycles. The summed E-state index contributed by atoms with van der Waals surface area (Å²) in [7, 11) is 2.03. The van der Waals surface area contributed by atoms with Crippen molar-refractivity contribution >= 4 is 17.3 Å². The van der Waals surface area contributed by atoms with Gasteiger partial charge in [0, 0.05) is 25.5 Å². The fourth-order valence-corrected chi connectivity index (χ4v) is 3.33. The van der Waals surface area contributed by atoms with Gasteiger partial charge >= 0.3 is 0 Å². The number of fused-ring (bicyclic) bond motifs is 1. The van der Waals surface area contributed by atoms with Crippen molar-refractivity contribution in [1.29, 1.82) is 0 Å². The largest absolute Gasteiger partial charge is 0.454 e. The predicted octanol–water partition coefficient (Wildman–Crippen LogP) is 3.03. The van der Waals surface area contributed by atoms with Crippen LogP contribution in [0.1, 0.15) is 30.1 Å². The molecule has 0 atom stereocenters. The lowest BCUT2D eigenvalue weighted by Gasteiger charge is -2.22. The fraction of sp³-hybridized carbons (Fsp3) is 0.444. The second-order valence-corrected chi connectivity index (χ2v) is 6.74. The third kappa shape index (κ3) is 4.42. The fourth-order valence-electron chi connectivity index (χ4n) is 2.60. The Bertz CT molecular complexity index is 744. The molecule has 1 N–H and O–H groups in total. The normalized spacial score (nSPS) is 13.2. The molecule has 0 amide bonds. The maximum Gasteiger partial charge on any atom is 0.231 e. The summed E-state index contributed by atoms with van der Waals surface area (Å²) < 4.78 is 10.8. The maximum absolute atomic E-state index is 5.45. The average molecular weight is 360 g/mol. The predicted molar refractivity (Wildman–Crippen MR) is 100 cm³/mol. The zero-order valence-corrected chi connectivity index (χ0v) is 15.7. The molecule has 134 valence electrons. The molecule has 3 rings (SSSR count). The van der Waals surface area contributed by atoms with Crippen molar-refractivity contribution in [3.05, 3.63) is 39.8 Å². The van der Waals surface area contributed by atoms with Crippen LogP contribution in [-0.2, 0) is 19.5 Å². The van der Waals surface area contributed by atoms with Gasteiger partial charge in [-0.05, 0) is 31.0 Å². The number of guanidine groups is 1. The average Bonchev–Trinajstić information content (AvgIpc) is 3.26. The topological polar surface area (TPSA) is 59.0 Å². The lowest BCUT2D eigenvalue weighted by atomic mass is 10.2. The molecule has 0 bridgehead atoms. The van der Waals surface area contributed by atoms with Crippen molar-refractivity contribution in [1.82, 2.24) is 15.2 Å². The van der Waals surface area contributed by atoms with Crippen molar-refractivity contribution in [3.8, 4) is 11.5 Å². The summed E-state index contributed by atoms with van der Waals surface area (Å²) in [6, 6.07) is 6.04. The van der Waals surface area contributed by atoms with Gasteiger partial charge in [-0.2, -0.15) is 0 Å². The zero-order chi connectivity index (χ0) is 17.6. The van der Waals surface area contributed by atoms with Crippen LogP contribution in [0.5, 0.6) is 11.5 Å². The highest BCUT2D eigenvalue weighted by Crippen LogP contribution is 2.32. The van der Waals surface area contributed by atoms with E-state index in [9.17, 15) is 0 Å². The van der Waals surface area contributed by atoms with Crippen LogP contribution in [0, 0.1) is 0 Å². The van der Waals surface area contributed by atoms with E-state index in [0.717, 1.165) is 53.2 Å². The molecule has 0 fully saturated rings. The number of rotatable bonds is 6. The van der Waals surface area contributed by atoms with Gasteiger partial charge < -0.3 is 19.7 Å². The number of ether oxygens (including phenoxy) is 2. The molecule has 0 unspecified atom stereocenters. The molecule has 7 heteroatoms. The first-order chi connectivity index (χ1) is 12.2. The minimum atomic E-state index is 0.298. The first kappa shape index (κ1) is 17.5. The van der Waals surface area contributed by atoms with E-state index in [-0.39, 0.29) is 0 Å². The van der Waals surface area contributed by atoms with Gasteiger partial charge in [-0.25, -0.2) is 9.98 Å². The number of thiazole rings is 1. The Kier molecular flexibility index (Phi) is 5.75. The van der Waals surface area contributed by atoms with Crippen molar-refractivity contribution in [2.75, 3.05) is 20.4 Å². The highest BCUT2D eigenvalue weighted by atomic mass is 32.1. The maximum atomic E-state index is 5.45. The van der Waals surface area contributed by atoms with E-state index in [0.29, 0.717) is 13.3 Å². The van der Waals surface area contributed by atoms with Crippen LogP contribution in [0.4, 0.5) is 0 Å². The van der Waals surface area contributed by atoms with Gasteiger partial charge in [-0.15, -0.1) is 11.3 Å². The summed E-state index contributed by atoms with van der Waals surface area (Å²) in [5.41, 5.74) is 2.17. The van der Waals surface area contributed by atoms with Crippen molar-refractivity contribution in [2.45, 2.75) is 33.4 Å². The Hall–Kier alpha value is -2.28. The number of aryl methyl sites for hydroxylation is 1. The molecule has 1 aliphatic heterocycles. The van der Waals surface area contributed by atoms with Gasteiger partial charge in [-0.1, -0.05) is 13.0 Å². The lowest BCUT2D eigenvalue weighted by molar-refractivity contribution is 0.174. The quantitative estimate of drug-likeness (QED) is 0.634. The summed E-state index contributed by atoms with van der Waals surface area (Å²) in [4.78, 5) is 11.4. The van der Waals surface area contributed by atoms with Crippen LogP contribution in [0.25, 0.3) is 0 Å². The van der Waals surface area contributed by atoms with E-state index < -0.39 is 0 Å². The van der Waals surface area contributed by atoms with E-state index >= 15 is 0 Å². The Morgan fingerprint density at radius 1 is 1.32 bits per heavy atom. The van der Waals surface area contributed by atoms with Crippen molar-refractivity contribution < 1.29 is 9.47 Å². The van der Waals surface area contributed by atoms with Gasteiger partial charge in [0.15, 0.2) is 17.5 Å². The van der Waals surface area contributed by atoms with E-state index in [2.05, 4.69) is 40.5 Å². The van der Waals surface area contributed by atoms with Crippen LogP contribution < -0.4 is 14.8 Å². The Morgan fingerprint density at radius 2 is 2.16 bits per heavy atom. The summed E-state index contributed by atoms with van der Waals surface area (Å²) in [5, 5.41) is 6.59. The molecular formula is C18H24N4O2S. The summed E-state index contributed by atoms with van der Waals surface area (Å²) >= 11 is 1.70. The number of aliphatic imine (C=N–C) groups is 1. The Morgan fingerprint density at radius 3 is 2.92 bits per heavy atom. The van der Waals surface area contributed by atoms with Gasteiger partial charge in [0.2, 0.25) is 6.79 Å². The molecule has 1 aliphatic rings. The van der Waals surface area contributed by atoms with Crippen LogP contribution >= 0.6 is 11.3 Å². The number of benzene rings is 1. The van der Waals surface area contributed by atoms with Gasteiger partial charge in [-0.3, -0.25) is 0 Å². The van der Waals surface area contributed by atoms with Crippen LogP contribution in [0.3, 0.4) is 0 Å². The smallest absolute Gasteiger partial charge is 0.231 e. The lowest BCUT2D eigenvalue weighted by Crippen LogP contribution is -2.38. The minimum Gasteiger partial charge on any atom is -0.454 e. The number of hydrogen-bond acceptors (Lipinski definition) is 5. The standard InChI is InChI=1S/C18H24N4O2S/c1-4-17-21-14(11-25-17)9-20-18(19-5-2)22(3)10-13-6-7-15-16(8-13)24-12-23-15/h6-8,11H,4-5,9-10,12H2,1-3H3,(H,19,20). The third-order valence-corrected chi connectivity index (χ3v) is 4.89. The van der Waals surface area contributed by atoms with Crippen molar-refractivity contribution in [3.63, 3.8) is 0 Å².